The van der Waals surface area contributed by atoms with Crippen molar-refractivity contribution in [2.75, 3.05) is 27.2 Å². The van der Waals surface area contributed by atoms with E-state index in [1.165, 1.54) is 10.5 Å². The van der Waals surface area contributed by atoms with Crippen molar-refractivity contribution in [2.45, 2.75) is 19.1 Å². The zero-order valence-electron chi connectivity index (χ0n) is 12.7. The van der Waals surface area contributed by atoms with Gasteiger partial charge in [-0.3, -0.25) is 9.20 Å². The van der Waals surface area contributed by atoms with Crippen LogP contribution in [0.4, 0.5) is 0 Å². The Morgan fingerprint density at radius 1 is 1.43 bits per heavy atom. The molecule has 2 rings (SSSR count). The molecular weight excluding hydrogens is 268 g/mol. The fraction of sp³-hybridized carbons (Fsp3) is 0.467. The number of nitrogens with one attached hydrogen (secondary N) is 1. The van der Waals surface area contributed by atoms with Crippen molar-refractivity contribution in [3.05, 3.63) is 46.5 Å². The number of fused-ring (bicyclic) bond motifs is 1. The van der Waals surface area contributed by atoms with Gasteiger partial charge in [0.1, 0.15) is 5.65 Å². The molecule has 0 bridgehead atoms. The number of hydrogen-bond acceptors (Lipinski definition) is 5. The molecule has 2 heterocycles. The van der Waals surface area contributed by atoms with Crippen LogP contribution in [-0.4, -0.2) is 52.2 Å². The van der Waals surface area contributed by atoms with Gasteiger partial charge in [0.05, 0.1) is 11.3 Å². The SMILES string of the molecule is CN(C)CC(C)(O)CNCc1cc(=O)n2ccccc2n1. The third-order valence-electron chi connectivity index (χ3n) is 3.09. The van der Waals surface area contributed by atoms with Gasteiger partial charge in [0.2, 0.25) is 0 Å². The summed E-state index contributed by atoms with van der Waals surface area (Å²) in [6.07, 6.45) is 1.70. The Kier molecular flexibility index (Phi) is 4.72. The summed E-state index contributed by atoms with van der Waals surface area (Å²) in [6, 6.07) is 6.96. The lowest BCUT2D eigenvalue weighted by Gasteiger charge is -2.27. The summed E-state index contributed by atoms with van der Waals surface area (Å²) in [6.45, 7) is 3.22. The number of rotatable bonds is 6. The average molecular weight is 290 g/mol. The molecule has 1 unspecified atom stereocenters. The van der Waals surface area contributed by atoms with E-state index in [0.717, 1.165) is 0 Å². The summed E-state index contributed by atoms with van der Waals surface area (Å²) in [5, 5.41) is 13.4. The van der Waals surface area contributed by atoms with E-state index < -0.39 is 5.60 Å². The second-order valence-electron chi connectivity index (χ2n) is 5.85. The Bertz CT molecular complexity index is 664. The van der Waals surface area contributed by atoms with E-state index in [1.807, 2.05) is 25.1 Å². The van der Waals surface area contributed by atoms with Crippen LogP contribution in [0.2, 0.25) is 0 Å². The van der Waals surface area contributed by atoms with Gasteiger partial charge in [-0.05, 0) is 33.2 Å². The molecule has 0 aromatic carbocycles. The molecule has 0 saturated carbocycles. The smallest absolute Gasteiger partial charge is 0.258 e. The van der Waals surface area contributed by atoms with E-state index in [2.05, 4.69) is 10.3 Å². The Morgan fingerprint density at radius 3 is 2.90 bits per heavy atom. The Labute approximate surface area is 124 Å². The summed E-state index contributed by atoms with van der Waals surface area (Å²) >= 11 is 0. The van der Waals surface area contributed by atoms with Crippen LogP contribution in [-0.2, 0) is 6.54 Å². The highest BCUT2D eigenvalue weighted by Crippen LogP contribution is 2.03. The first-order valence-corrected chi connectivity index (χ1v) is 6.92. The molecule has 0 aliphatic carbocycles. The van der Waals surface area contributed by atoms with Crippen molar-refractivity contribution in [2.24, 2.45) is 0 Å². The van der Waals surface area contributed by atoms with Gasteiger partial charge in [0, 0.05) is 31.9 Å². The normalized spacial score (nSPS) is 14.5. The molecule has 0 radical (unpaired) electrons. The number of likely N-dealkylation sites (N-methyl/N-ethyl adjacent to an activating group) is 1. The molecule has 2 aromatic heterocycles. The molecule has 0 fully saturated rings. The van der Waals surface area contributed by atoms with Crippen LogP contribution >= 0.6 is 0 Å². The minimum Gasteiger partial charge on any atom is -0.388 e. The third kappa shape index (κ3) is 4.35. The second-order valence-corrected chi connectivity index (χ2v) is 5.85. The van der Waals surface area contributed by atoms with Crippen LogP contribution in [0.15, 0.2) is 35.3 Å². The van der Waals surface area contributed by atoms with Gasteiger partial charge in [0.15, 0.2) is 0 Å². The molecule has 6 heteroatoms. The zero-order valence-corrected chi connectivity index (χ0v) is 12.7. The highest BCUT2D eigenvalue weighted by molar-refractivity contribution is 5.37. The van der Waals surface area contributed by atoms with Crippen LogP contribution in [0, 0.1) is 0 Å². The quantitative estimate of drug-likeness (QED) is 0.789. The molecule has 0 spiro atoms. The summed E-state index contributed by atoms with van der Waals surface area (Å²) < 4.78 is 1.51. The van der Waals surface area contributed by atoms with Crippen molar-refractivity contribution in [3.8, 4) is 0 Å². The zero-order chi connectivity index (χ0) is 15.5. The summed E-state index contributed by atoms with van der Waals surface area (Å²) in [5.41, 5.74) is 0.376. The van der Waals surface area contributed by atoms with Crippen molar-refractivity contribution in [1.29, 1.82) is 0 Å². The van der Waals surface area contributed by atoms with Crippen molar-refractivity contribution >= 4 is 5.65 Å². The highest BCUT2D eigenvalue weighted by atomic mass is 16.3. The van der Waals surface area contributed by atoms with Crippen molar-refractivity contribution < 1.29 is 5.11 Å². The minimum absolute atomic E-state index is 0.0996. The first kappa shape index (κ1) is 15.6. The molecule has 0 amide bonds. The average Bonchev–Trinajstić information content (AvgIpc) is 2.37. The summed E-state index contributed by atoms with van der Waals surface area (Å²) in [4.78, 5) is 18.3. The summed E-state index contributed by atoms with van der Waals surface area (Å²) in [7, 11) is 3.83. The van der Waals surface area contributed by atoms with E-state index in [1.54, 1.807) is 25.3 Å². The lowest BCUT2D eigenvalue weighted by Crippen LogP contribution is -2.45. The number of nitrogens with zero attached hydrogens (tertiary/aromatic N) is 3. The van der Waals surface area contributed by atoms with E-state index in [9.17, 15) is 9.90 Å². The number of aromatic nitrogens is 2. The molecule has 0 saturated heterocycles. The number of pyridine rings is 1. The van der Waals surface area contributed by atoms with Crippen LogP contribution in [0.25, 0.3) is 5.65 Å². The molecule has 0 aliphatic heterocycles. The summed E-state index contributed by atoms with van der Waals surface area (Å²) in [5.74, 6) is 0. The molecule has 6 nitrogen and oxygen atoms in total. The van der Waals surface area contributed by atoms with Crippen LogP contribution in [0.3, 0.4) is 0 Å². The van der Waals surface area contributed by atoms with E-state index >= 15 is 0 Å². The first-order valence-electron chi connectivity index (χ1n) is 6.92. The molecule has 2 N–H and O–H groups in total. The van der Waals surface area contributed by atoms with E-state index in [4.69, 9.17) is 0 Å². The van der Waals surface area contributed by atoms with Gasteiger partial charge in [0.25, 0.3) is 5.56 Å². The van der Waals surface area contributed by atoms with Crippen LogP contribution in [0.5, 0.6) is 0 Å². The molecular formula is C15H22N4O2. The van der Waals surface area contributed by atoms with Crippen LogP contribution in [0.1, 0.15) is 12.6 Å². The Balaban J connectivity index is 2.03. The maximum Gasteiger partial charge on any atom is 0.258 e. The molecule has 114 valence electrons. The fourth-order valence-corrected chi connectivity index (χ4v) is 2.39. The lowest BCUT2D eigenvalue weighted by atomic mass is 10.1. The Morgan fingerprint density at radius 2 is 2.19 bits per heavy atom. The topological polar surface area (TPSA) is 69.9 Å². The van der Waals surface area contributed by atoms with Gasteiger partial charge in [-0.25, -0.2) is 4.98 Å². The molecule has 2 aromatic rings. The molecule has 0 aliphatic rings. The van der Waals surface area contributed by atoms with E-state index in [0.29, 0.717) is 31.0 Å². The fourth-order valence-electron chi connectivity index (χ4n) is 2.39. The maximum atomic E-state index is 11.9. The van der Waals surface area contributed by atoms with Crippen LogP contribution < -0.4 is 10.9 Å². The second kappa shape index (κ2) is 6.34. The van der Waals surface area contributed by atoms with Gasteiger partial charge in [-0.15, -0.1) is 0 Å². The standard InChI is InChI=1S/C15H22N4O2/c1-15(21,11-18(2)3)10-16-9-12-8-14(20)19-7-5-4-6-13(19)17-12/h4-8,16,21H,9-11H2,1-3H3. The molecule has 1 atom stereocenters. The highest BCUT2D eigenvalue weighted by Gasteiger charge is 2.20. The van der Waals surface area contributed by atoms with Crippen molar-refractivity contribution in [1.82, 2.24) is 19.6 Å². The molecule has 21 heavy (non-hydrogen) atoms. The largest absolute Gasteiger partial charge is 0.388 e. The Hall–Kier alpha value is -1.76. The number of aliphatic hydroxyl groups is 1. The van der Waals surface area contributed by atoms with Crippen molar-refractivity contribution in [3.63, 3.8) is 0 Å². The van der Waals surface area contributed by atoms with Gasteiger partial charge in [-0.1, -0.05) is 6.07 Å². The lowest BCUT2D eigenvalue weighted by molar-refractivity contribution is 0.0335. The van der Waals surface area contributed by atoms with Gasteiger partial charge in [-0.2, -0.15) is 0 Å². The van der Waals surface area contributed by atoms with Gasteiger partial charge >= 0.3 is 0 Å². The number of hydrogen-bond donors (Lipinski definition) is 2. The maximum absolute atomic E-state index is 11.9. The third-order valence-corrected chi connectivity index (χ3v) is 3.09. The van der Waals surface area contributed by atoms with Gasteiger partial charge < -0.3 is 15.3 Å². The predicted octanol–water partition coefficient (Wildman–Crippen LogP) is 0.0967. The first-order chi connectivity index (χ1) is 9.87. The monoisotopic (exact) mass is 290 g/mol. The predicted molar refractivity (Wildman–Crippen MR) is 82.3 cm³/mol. The van der Waals surface area contributed by atoms with E-state index in [-0.39, 0.29) is 5.56 Å². The minimum atomic E-state index is -0.824.